The van der Waals surface area contributed by atoms with E-state index in [1.165, 1.54) is 4.68 Å². The molecule has 0 spiro atoms. The molecule has 0 saturated heterocycles. The molecule has 0 aliphatic heterocycles. The molecule has 7 heteroatoms. The summed E-state index contributed by atoms with van der Waals surface area (Å²) in [6.07, 6.45) is 2.74. The number of fused-ring (bicyclic) bond motifs is 2. The number of carbonyl (C=O) groups is 1. The SMILES string of the molecule is CCn1nc(C(=O)NC(C)Cc2cn(C)c3ccc(OC)cc23)c2ccccc2c1=O. The van der Waals surface area contributed by atoms with E-state index in [4.69, 9.17) is 4.74 Å². The van der Waals surface area contributed by atoms with Crippen LogP contribution in [-0.4, -0.2) is 33.4 Å². The van der Waals surface area contributed by atoms with Gasteiger partial charge in [-0.05, 0) is 50.1 Å². The summed E-state index contributed by atoms with van der Waals surface area (Å²) in [4.78, 5) is 25.6. The molecule has 0 bridgehead atoms. The summed E-state index contributed by atoms with van der Waals surface area (Å²) in [7, 11) is 3.66. The first-order valence-corrected chi connectivity index (χ1v) is 10.4. The monoisotopic (exact) mass is 418 g/mol. The van der Waals surface area contributed by atoms with E-state index < -0.39 is 0 Å². The lowest BCUT2D eigenvalue weighted by molar-refractivity contribution is 0.0934. The second-order valence-electron chi connectivity index (χ2n) is 7.74. The first-order chi connectivity index (χ1) is 14.9. The standard InChI is InChI=1S/C24H26N4O3/c1-5-28-24(30)19-9-7-6-8-18(19)22(26-28)23(29)25-15(2)12-16-14-27(3)21-11-10-17(31-4)13-20(16)21/h6-11,13-15H,5,12H2,1-4H3,(H,25,29). The molecule has 0 aliphatic rings. The molecule has 0 fully saturated rings. The number of hydrogen-bond acceptors (Lipinski definition) is 4. The number of rotatable bonds is 6. The third kappa shape index (κ3) is 3.79. The van der Waals surface area contributed by atoms with Gasteiger partial charge in [-0.1, -0.05) is 18.2 Å². The summed E-state index contributed by atoms with van der Waals surface area (Å²) in [6.45, 7) is 4.20. The van der Waals surface area contributed by atoms with Crippen LogP contribution in [0, 0.1) is 0 Å². The molecule has 0 radical (unpaired) electrons. The molecule has 1 N–H and O–H groups in total. The second-order valence-corrected chi connectivity index (χ2v) is 7.74. The van der Waals surface area contributed by atoms with Crippen LogP contribution in [0.1, 0.15) is 29.9 Å². The summed E-state index contributed by atoms with van der Waals surface area (Å²) in [6, 6.07) is 13.0. The van der Waals surface area contributed by atoms with Crippen LogP contribution in [-0.2, 0) is 20.0 Å². The van der Waals surface area contributed by atoms with Crippen molar-refractivity contribution in [1.82, 2.24) is 19.7 Å². The zero-order valence-electron chi connectivity index (χ0n) is 18.2. The zero-order valence-corrected chi connectivity index (χ0v) is 18.2. The van der Waals surface area contributed by atoms with E-state index in [1.807, 2.05) is 45.2 Å². The van der Waals surface area contributed by atoms with Crippen LogP contribution in [0.3, 0.4) is 0 Å². The average Bonchev–Trinajstić information content (AvgIpc) is 3.08. The molecule has 1 amide bonds. The number of hydrogen-bond donors (Lipinski definition) is 1. The third-order valence-corrected chi connectivity index (χ3v) is 5.57. The fourth-order valence-electron chi connectivity index (χ4n) is 4.03. The number of nitrogens with zero attached hydrogens (tertiary/aromatic N) is 3. The fourth-order valence-corrected chi connectivity index (χ4v) is 4.03. The first-order valence-electron chi connectivity index (χ1n) is 10.4. The molecule has 7 nitrogen and oxygen atoms in total. The largest absolute Gasteiger partial charge is 0.497 e. The molecule has 2 heterocycles. The summed E-state index contributed by atoms with van der Waals surface area (Å²) in [5.74, 6) is 0.512. The summed E-state index contributed by atoms with van der Waals surface area (Å²) >= 11 is 0. The van der Waals surface area contributed by atoms with Crippen molar-refractivity contribution in [1.29, 1.82) is 0 Å². The topological polar surface area (TPSA) is 78.2 Å². The lowest BCUT2D eigenvalue weighted by atomic mass is 10.1. The molecule has 4 aromatic rings. The maximum Gasteiger partial charge on any atom is 0.274 e. The Morgan fingerprint density at radius 2 is 1.90 bits per heavy atom. The van der Waals surface area contributed by atoms with Gasteiger partial charge in [0, 0.05) is 42.1 Å². The smallest absolute Gasteiger partial charge is 0.274 e. The van der Waals surface area contributed by atoms with Gasteiger partial charge in [-0.3, -0.25) is 9.59 Å². The van der Waals surface area contributed by atoms with Crippen molar-refractivity contribution in [3.63, 3.8) is 0 Å². The number of methoxy groups -OCH3 is 1. The van der Waals surface area contributed by atoms with E-state index in [0.29, 0.717) is 23.7 Å². The van der Waals surface area contributed by atoms with E-state index in [9.17, 15) is 9.59 Å². The van der Waals surface area contributed by atoms with Crippen LogP contribution < -0.4 is 15.6 Å². The number of aromatic nitrogens is 3. The number of benzene rings is 2. The predicted octanol–water partition coefficient (Wildman–Crippen LogP) is 3.28. The van der Waals surface area contributed by atoms with Crippen molar-refractivity contribution >= 4 is 27.6 Å². The van der Waals surface area contributed by atoms with Gasteiger partial charge in [0.2, 0.25) is 0 Å². The Balaban J connectivity index is 1.62. The van der Waals surface area contributed by atoms with Gasteiger partial charge in [-0.2, -0.15) is 5.10 Å². The van der Waals surface area contributed by atoms with Gasteiger partial charge in [0.05, 0.1) is 12.5 Å². The van der Waals surface area contributed by atoms with Crippen LogP contribution in [0.2, 0.25) is 0 Å². The predicted molar refractivity (Wildman–Crippen MR) is 122 cm³/mol. The Kier molecular flexibility index (Phi) is 5.50. The first kappa shape index (κ1) is 20.7. The fraction of sp³-hybridized carbons (Fsp3) is 0.292. The normalized spacial score (nSPS) is 12.3. The molecule has 2 aromatic carbocycles. The molecule has 4 rings (SSSR count). The molecular formula is C24H26N4O3. The Morgan fingerprint density at radius 1 is 1.16 bits per heavy atom. The molecule has 1 unspecified atom stereocenters. The molecule has 160 valence electrons. The van der Waals surface area contributed by atoms with Crippen molar-refractivity contribution in [3.05, 3.63) is 70.3 Å². The lowest BCUT2D eigenvalue weighted by Gasteiger charge is -2.15. The highest BCUT2D eigenvalue weighted by atomic mass is 16.5. The third-order valence-electron chi connectivity index (χ3n) is 5.57. The molecule has 1 atom stereocenters. The van der Waals surface area contributed by atoms with Crippen LogP contribution in [0.4, 0.5) is 0 Å². The van der Waals surface area contributed by atoms with Gasteiger partial charge in [-0.15, -0.1) is 0 Å². The summed E-state index contributed by atoms with van der Waals surface area (Å²) in [5.41, 5.74) is 2.31. The highest BCUT2D eigenvalue weighted by molar-refractivity contribution is 6.04. The average molecular weight is 418 g/mol. The van der Waals surface area contributed by atoms with Crippen molar-refractivity contribution in [3.8, 4) is 5.75 Å². The number of ether oxygens (including phenoxy) is 1. The molecule has 0 saturated carbocycles. The number of nitrogens with one attached hydrogen (secondary N) is 1. The van der Waals surface area contributed by atoms with Gasteiger partial charge < -0.3 is 14.6 Å². The van der Waals surface area contributed by atoms with E-state index in [2.05, 4.69) is 21.2 Å². The van der Waals surface area contributed by atoms with Gasteiger partial charge in [0.25, 0.3) is 11.5 Å². The van der Waals surface area contributed by atoms with Crippen molar-refractivity contribution in [2.45, 2.75) is 32.9 Å². The minimum atomic E-state index is -0.288. The maximum atomic E-state index is 13.1. The van der Waals surface area contributed by atoms with Crippen molar-refractivity contribution < 1.29 is 9.53 Å². The lowest BCUT2D eigenvalue weighted by Crippen LogP contribution is -2.36. The van der Waals surface area contributed by atoms with Crippen LogP contribution >= 0.6 is 0 Å². The van der Waals surface area contributed by atoms with Crippen molar-refractivity contribution in [2.24, 2.45) is 7.05 Å². The Bertz CT molecular complexity index is 1340. The van der Waals surface area contributed by atoms with Gasteiger partial charge in [-0.25, -0.2) is 4.68 Å². The minimum Gasteiger partial charge on any atom is -0.497 e. The summed E-state index contributed by atoms with van der Waals surface area (Å²) < 4.78 is 8.78. The van der Waals surface area contributed by atoms with E-state index in [0.717, 1.165) is 22.2 Å². The van der Waals surface area contributed by atoms with E-state index in [-0.39, 0.29) is 23.2 Å². The number of carbonyl (C=O) groups excluding carboxylic acids is 1. The van der Waals surface area contributed by atoms with Crippen LogP contribution in [0.15, 0.2) is 53.5 Å². The molecule has 0 aliphatic carbocycles. The van der Waals surface area contributed by atoms with E-state index in [1.54, 1.807) is 25.3 Å². The van der Waals surface area contributed by atoms with Gasteiger partial charge >= 0.3 is 0 Å². The number of aryl methyl sites for hydroxylation is 2. The quantitative estimate of drug-likeness (QED) is 0.521. The van der Waals surface area contributed by atoms with Crippen molar-refractivity contribution in [2.75, 3.05) is 7.11 Å². The second kappa shape index (κ2) is 8.26. The Labute approximate surface area is 180 Å². The van der Waals surface area contributed by atoms with Gasteiger partial charge in [0.15, 0.2) is 5.69 Å². The van der Waals surface area contributed by atoms with E-state index >= 15 is 0 Å². The highest BCUT2D eigenvalue weighted by Gasteiger charge is 2.19. The Hall–Kier alpha value is -3.61. The van der Waals surface area contributed by atoms with Gasteiger partial charge in [0.1, 0.15) is 5.75 Å². The molecule has 31 heavy (non-hydrogen) atoms. The van der Waals surface area contributed by atoms with Crippen LogP contribution in [0.25, 0.3) is 21.7 Å². The highest BCUT2D eigenvalue weighted by Crippen LogP contribution is 2.26. The van der Waals surface area contributed by atoms with Crippen LogP contribution in [0.5, 0.6) is 5.75 Å². The Morgan fingerprint density at radius 3 is 2.61 bits per heavy atom. The number of amides is 1. The minimum absolute atomic E-state index is 0.133. The maximum absolute atomic E-state index is 13.1. The summed E-state index contributed by atoms with van der Waals surface area (Å²) in [5, 5.41) is 9.55. The molecule has 2 aromatic heterocycles. The zero-order chi connectivity index (χ0) is 22.1. The molecular weight excluding hydrogens is 392 g/mol.